The van der Waals surface area contributed by atoms with Crippen molar-refractivity contribution in [3.05, 3.63) is 78.8 Å². The molecule has 0 N–H and O–H groups in total. The van der Waals surface area contributed by atoms with Crippen LogP contribution in [-0.2, 0) is 4.79 Å². The molecule has 30 heavy (non-hydrogen) atoms. The van der Waals surface area contributed by atoms with Crippen molar-refractivity contribution in [3.8, 4) is 5.69 Å². The Hall–Kier alpha value is -3.52. The molecular weight excluding hydrogens is 396 g/mol. The predicted octanol–water partition coefficient (Wildman–Crippen LogP) is 3.54. The number of hydrogen-bond donors (Lipinski definition) is 0. The van der Waals surface area contributed by atoms with E-state index in [4.69, 9.17) is 0 Å². The second-order valence-corrected chi connectivity index (χ2v) is 7.74. The van der Waals surface area contributed by atoms with E-state index in [9.17, 15) is 4.79 Å². The Morgan fingerprint density at radius 1 is 1.00 bits per heavy atom. The normalized spacial score (nSPS) is 13.6. The van der Waals surface area contributed by atoms with E-state index < -0.39 is 0 Å². The number of hydrazone groups is 1. The molecule has 0 atom stereocenters. The number of hydrogen-bond acceptors (Lipinski definition) is 6. The van der Waals surface area contributed by atoms with E-state index in [1.165, 1.54) is 18.1 Å². The maximum Gasteiger partial charge on any atom is 0.253 e. The van der Waals surface area contributed by atoms with Crippen LogP contribution in [0.1, 0.15) is 12.0 Å². The number of thioether (sulfide) groups is 1. The lowest BCUT2D eigenvalue weighted by Gasteiger charge is -2.10. The van der Waals surface area contributed by atoms with Crippen LogP contribution < -0.4 is 0 Å². The summed E-state index contributed by atoms with van der Waals surface area (Å²) in [6.45, 7) is 0.606. The van der Waals surface area contributed by atoms with Gasteiger partial charge in [0, 0.05) is 6.42 Å². The van der Waals surface area contributed by atoms with Crippen molar-refractivity contribution in [2.24, 2.45) is 5.10 Å². The minimum Gasteiger partial charge on any atom is -0.272 e. The highest BCUT2D eigenvalue weighted by molar-refractivity contribution is 8.00. The molecule has 0 saturated heterocycles. The topological polar surface area (TPSA) is 76.3 Å². The van der Waals surface area contributed by atoms with Gasteiger partial charge in [0.1, 0.15) is 11.4 Å². The van der Waals surface area contributed by atoms with Gasteiger partial charge in [-0.3, -0.25) is 4.79 Å². The lowest BCUT2D eigenvalue weighted by atomic mass is 10.1. The lowest BCUT2D eigenvalue weighted by molar-refractivity contribution is -0.127. The number of para-hydroxylation sites is 1. The largest absolute Gasteiger partial charge is 0.272 e. The van der Waals surface area contributed by atoms with E-state index in [1.807, 2.05) is 60.7 Å². The molecule has 0 spiro atoms. The molecule has 8 heteroatoms. The fourth-order valence-electron chi connectivity index (χ4n) is 3.37. The summed E-state index contributed by atoms with van der Waals surface area (Å²) >= 11 is 1.39. The quantitative estimate of drug-likeness (QED) is 0.369. The van der Waals surface area contributed by atoms with E-state index in [1.54, 1.807) is 15.9 Å². The number of carbonyl (C=O) groups excluding carboxylic acids is 1. The van der Waals surface area contributed by atoms with Crippen LogP contribution in [-0.4, -0.2) is 48.7 Å². The summed E-state index contributed by atoms with van der Waals surface area (Å²) in [5.74, 6) is 0.224. The monoisotopic (exact) mass is 414 g/mol. The summed E-state index contributed by atoms with van der Waals surface area (Å²) in [6.07, 6.45) is 4.02. The summed E-state index contributed by atoms with van der Waals surface area (Å²) in [5, 5.41) is 12.1. The van der Waals surface area contributed by atoms with Gasteiger partial charge in [-0.05, 0) is 17.7 Å². The Morgan fingerprint density at radius 2 is 1.77 bits per heavy atom. The number of carbonyl (C=O) groups is 1. The van der Waals surface area contributed by atoms with Crippen molar-refractivity contribution in [1.82, 2.24) is 24.8 Å². The molecule has 5 rings (SSSR count). The minimum atomic E-state index is -0.0341. The Balaban J connectivity index is 1.32. The van der Waals surface area contributed by atoms with E-state index in [-0.39, 0.29) is 11.7 Å². The third kappa shape index (κ3) is 3.57. The third-order valence-electron chi connectivity index (χ3n) is 4.86. The fraction of sp³-hybridized carbons (Fsp3) is 0.136. The average Bonchev–Trinajstić information content (AvgIpc) is 3.47. The van der Waals surface area contributed by atoms with E-state index in [0.29, 0.717) is 6.54 Å². The van der Waals surface area contributed by atoms with Crippen LogP contribution in [0.4, 0.5) is 0 Å². The van der Waals surface area contributed by atoms with Gasteiger partial charge in [-0.2, -0.15) is 10.2 Å². The fourth-order valence-corrected chi connectivity index (χ4v) is 4.20. The molecule has 1 aliphatic heterocycles. The molecule has 0 unspecified atom stereocenters. The first kappa shape index (κ1) is 18.5. The zero-order chi connectivity index (χ0) is 20.3. The highest BCUT2D eigenvalue weighted by Gasteiger charge is 2.22. The molecule has 1 amide bonds. The van der Waals surface area contributed by atoms with Crippen molar-refractivity contribution in [2.45, 2.75) is 11.4 Å². The van der Waals surface area contributed by atoms with Crippen LogP contribution in [0.15, 0.2) is 83.3 Å². The maximum atomic E-state index is 12.7. The minimum absolute atomic E-state index is 0.0341. The average molecular weight is 414 g/mol. The molecule has 0 aliphatic carbocycles. The smallest absolute Gasteiger partial charge is 0.253 e. The van der Waals surface area contributed by atoms with Gasteiger partial charge in [0.05, 0.1) is 35.3 Å². The molecule has 0 fully saturated rings. The number of nitrogens with zero attached hydrogens (tertiary/aromatic N) is 6. The molecule has 7 nitrogen and oxygen atoms in total. The Labute approximate surface area is 177 Å². The second-order valence-electron chi connectivity index (χ2n) is 6.78. The molecule has 2 aromatic heterocycles. The highest BCUT2D eigenvalue weighted by atomic mass is 32.2. The summed E-state index contributed by atoms with van der Waals surface area (Å²) in [4.78, 5) is 21.4. The van der Waals surface area contributed by atoms with Crippen LogP contribution in [0.5, 0.6) is 0 Å². The lowest BCUT2D eigenvalue weighted by Crippen LogP contribution is -2.25. The van der Waals surface area contributed by atoms with Gasteiger partial charge in [0.15, 0.2) is 5.65 Å². The summed E-state index contributed by atoms with van der Waals surface area (Å²) in [5.41, 5.74) is 3.66. The Bertz CT molecular complexity index is 1220. The van der Waals surface area contributed by atoms with E-state index in [2.05, 4.69) is 20.2 Å². The zero-order valence-electron chi connectivity index (χ0n) is 16.0. The SMILES string of the molecule is O=C(CSc1ncnc2c1cnn2-c1ccccc1)N1CCC(c2ccccc2)=N1. The van der Waals surface area contributed by atoms with E-state index >= 15 is 0 Å². The molecule has 2 aromatic carbocycles. The van der Waals surface area contributed by atoms with Crippen LogP contribution in [0, 0.1) is 0 Å². The maximum absolute atomic E-state index is 12.7. The third-order valence-corrected chi connectivity index (χ3v) is 5.85. The van der Waals surface area contributed by atoms with Crippen LogP contribution in [0.3, 0.4) is 0 Å². The van der Waals surface area contributed by atoms with Crippen molar-refractivity contribution >= 4 is 34.4 Å². The van der Waals surface area contributed by atoms with Crippen LogP contribution in [0.2, 0.25) is 0 Å². The van der Waals surface area contributed by atoms with Gasteiger partial charge in [-0.15, -0.1) is 0 Å². The van der Waals surface area contributed by atoms with Crippen molar-refractivity contribution in [3.63, 3.8) is 0 Å². The van der Waals surface area contributed by atoms with Gasteiger partial charge in [-0.25, -0.2) is 19.7 Å². The summed E-state index contributed by atoms with van der Waals surface area (Å²) in [7, 11) is 0. The molecule has 1 aliphatic rings. The van der Waals surface area contributed by atoms with Gasteiger partial charge < -0.3 is 0 Å². The van der Waals surface area contributed by atoms with Crippen molar-refractivity contribution in [1.29, 1.82) is 0 Å². The zero-order valence-corrected chi connectivity index (χ0v) is 16.9. The second kappa shape index (κ2) is 8.08. The van der Waals surface area contributed by atoms with Crippen LogP contribution >= 0.6 is 11.8 Å². The van der Waals surface area contributed by atoms with Gasteiger partial charge in [-0.1, -0.05) is 60.3 Å². The number of fused-ring (bicyclic) bond motifs is 1. The Morgan fingerprint density at radius 3 is 2.57 bits per heavy atom. The van der Waals surface area contributed by atoms with Crippen molar-refractivity contribution in [2.75, 3.05) is 12.3 Å². The molecular formula is C22H18N6OS. The molecule has 148 valence electrons. The standard InChI is InChI=1S/C22H18N6OS/c29-20(27-12-11-19(26-27)16-7-3-1-4-8-16)14-30-22-18-13-25-28(21(18)23-15-24-22)17-9-5-2-6-10-17/h1-10,13,15H,11-12,14H2. The molecule has 0 saturated carbocycles. The highest BCUT2D eigenvalue weighted by Crippen LogP contribution is 2.26. The summed E-state index contributed by atoms with van der Waals surface area (Å²) in [6, 6.07) is 19.8. The van der Waals surface area contributed by atoms with Crippen LogP contribution in [0.25, 0.3) is 16.7 Å². The first-order valence-corrected chi connectivity index (χ1v) is 10.6. The Kier molecular flexibility index (Phi) is 4.98. The number of amides is 1. The number of benzene rings is 2. The predicted molar refractivity (Wildman–Crippen MR) is 117 cm³/mol. The molecule has 4 aromatic rings. The first-order chi connectivity index (χ1) is 14.8. The van der Waals surface area contributed by atoms with Gasteiger partial charge >= 0.3 is 0 Å². The van der Waals surface area contributed by atoms with E-state index in [0.717, 1.165) is 39.4 Å². The molecule has 3 heterocycles. The van der Waals surface area contributed by atoms with Gasteiger partial charge in [0.25, 0.3) is 5.91 Å². The first-order valence-electron chi connectivity index (χ1n) is 9.60. The number of aromatic nitrogens is 4. The van der Waals surface area contributed by atoms with Crippen molar-refractivity contribution < 1.29 is 4.79 Å². The van der Waals surface area contributed by atoms with Gasteiger partial charge in [0.2, 0.25) is 0 Å². The summed E-state index contributed by atoms with van der Waals surface area (Å²) < 4.78 is 1.78. The number of rotatable bonds is 5. The molecule has 0 radical (unpaired) electrons. The molecule has 0 bridgehead atoms.